The number of amides is 1. The summed E-state index contributed by atoms with van der Waals surface area (Å²) in [5.74, 6) is 0. The normalized spacial score (nSPS) is 21.9. The lowest BCUT2D eigenvalue weighted by atomic mass is 10.2. The predicted octanol–water partition coefficient (Wildman–Crippen LogP) is 2.58. The van der Waals surface area contributed by atoms with Gasteiger partial charge in [-0.1, -0.05) is 6.07 Å². The third kappa shape index (κ3) is 3.29. The van der Waals surface area contributed by atoms with Crippen LogP contribution in [0.1, 0.15) is 11.4 Å². The van der Waals surface area contributed by atoms with Gasteiger partial charge in [-0.05, 0) is 24.3 Å². The topological polar surface area (TPSA) is 63.5 Å². The molecule has 0 saturated carbocycles. The maximum Gasteiger partial charge on any atom is 0.410 e. The van der Waals surface area contributed by atoms with Crippen molar-refractivity contribution in [3.63, 3.8) is 0 Å². The van der Waals surface area contributed by atoms with Crippen molar-refractivity contribution in [1.82, 2.24) is 24.3 Å². The van der Waals surface area contributed by atoms with Crippen LogP contribution in [0, 0.1) is 0 Å². The van der Waals surface area contributed by atoms with Gasteiger partial charge in [0.15, 0.2) is 5.13 Å². The Balaban J connectivity index is 1.24. The number of thiazole rings is 1. The number of fused-ring (bicyclic) bond motifs is 1. The first kappa shape index (κ1) is 17.4. The summed E-state index contributed by atoms with van der Waals surface area (Å²) in [6, 6.07) is 10.2. The Morgan fingerprint density at radius 1 is 1.14 bits per heavy atom. The Kier molecular flexibility index (Phi) is 4.58. The highest BCUT2D eigenvalue weighted by atomic mass is 32.1. The molecule has 3 aromatic heterocycles. The highest BCUT2D eigenvalue weighted by molar-refractivity contribution is 7.12. The fourth-order valence-electron chi connectivity index (χ4n) is 4.04. The summed E-state index contributed by atoms with van der Waals surface area (Å²) in [5, 5.41) is 2.96. The minimum absolute atomic E-state index is 0.0560. The average Bonchev–Trinajstić information content (AvgIpc) is 3.47. The number of likely N-dealkylation sites (tertiary alicyclic amines) is 1. The molecule has 3 aromatic rings. The molecule has 0 aromatic carbocycles. The van der Waals surface area contributed by atoms with E-state index < -0.39 is 0 Å². The fraction of sp³-hybridized carbons (Fsp3) is 0.350. The van der Waals surface area contributed by atoms with E-state index in [0.717, 1.165) is 36.9 Å². The van der Waals surface area contributed by atoms with Crippen molar-refractivity contribution >= 4 is 17.4 Å². The summed E-state index contributed by atoms with van der Waals surface area (Å²) >= 11 is 1.62. The zero-order valence-corrected chi connectivity index (χ0v) is 16.2. The summed E-state index contributed by atoms with van der Waals surface area (Å²) in [6.07, 6.45) is 6.14. The summed E-state index contributed by atoms with van der Waals surface area (Å²) in [6.45, 7) is 3.03. The van der Waals surface area contributed by atoms with Crippen LogP contribution in [-0.4, -0.2) is 62.2 Å². The smallest absolute Gasteiger partial charge is 0.410 e. The molecule has 8 heteroatoms. The lowest BCUT2D eigenvalue weighted by Gasteiger charge is -2.22. The van der Waals surface area contributed by atoms with Crippen LogP contribution in [0.15, 0.2) is 54.3 Å². The van der Waals surface area contributed by atoms with Crippen molar-refractivity contribution in [1.29, 1.82) is 0 Å². The van der Waals surface area contributed by atoms with Crippen molar-refractivity contribution in [2.75, 3.05) is 19.6 Å². The minimum Gasteiger partial charge on any atom is -0.442 e. The molecule has 28 heavy (non-hydrogen) atoms. The van der Waals surface area contributed by atoms with Crippen molar-refractivity contribution in [3.8, 4) is 5.13 Å². The van der Waals surface area contributed by atoms with Gasteiger partial charge in [0.05, 0.1) is 6.04 Å². The fourth-order valence-corrected chi connectivity index (χ4v) is 4.70. The number of hydrogen-bond donors (Lipinski definition) is 0. The second kappa shape index (κ2) is 7.37. The van der Waals surface area contributed by atoms with Gasteiger partial charge in [0.25, 0.3) is 0 Å². The molecule has 5 rings (SSSR count). The summed E-state index contributed by atoms with van der Waals surface area (Å²) < 4.78 is 7.77. The van der Waals surface area contributed by atoms with E-state index >= 15 is 0 Å². The number of rotatable bonds is 6. The molecule has 0 N–H and O–H groups in total. The van der Waals surface area contributed by atoms with Crippen LogP contribution in [-0.2, 0) is 17.7 Å². The number of aromatic nitrogens is 3. The van der Waals surface area contributed by atoms with E-state index in [2.05, 4.69) is 25.5 Å². The van der Waals surface area contributed by atoms with Crippen molar-refractivity contribution in [2.24, 2.45) is 0 Å². The number of hydrogen-bond acceptors (Lipinski definition) is 6. The monoisotopic (exact) mass is 395 g/mol. The van der Waals surface area contributed by atoms with Gasteiger partial charge in [-0.3, -0.25) is 19.4 Å². The Hall–Kier alpha value is -2.71. The first-order valence-corrected chi connectivity index (χ1v) is 10.3. The number of carbonyl (C=O) groups is 1. The first-order valence-electron chi connectivity index (χ1n) is 9.43. The zero-order chi connectivity index (χ0) is 18.9. The van der Waals surface area contributed by atoms with Gasteiger partial charge in [0.1, 0.15) is 6.10 Å². The molecule has 144 valence electrons. The van der Waals surface area contributed by atoms with E-state index in [1.54, 1.807) is 17.5 Å². The maximum absolute atomic E-state index is 12.3. The highest BCUT2D eigenvalue weighted by Crippen LogP contribution is 2.28. The predicted molar refractivity (Wildman–Crippen MR) is 105 cm³/mol. The van der Waals surface area contributed by atoms with Crippen LogP contribution in [0.2, 0.25) is 0 Å². The zero-order valence-electron chi connectivity index (χ0n) is 15.3. The van der Waals surface area contributed by atoms with Crippen LogP contribution in [0.4, 0.5) is 4.79 Å². The van der Waals surface area contributed by atoms with Crippen LogP contribution in [0.3, 0.4) is 0 Å². The first-order chi connectivity index (χ1) is 13.8. The second-order valence-electron chi connectivity index (χ2n) is 7.13. The van der Waals surface area contributed by atoms with Gasteiger partial charge in [-0.15, -0.1) is 11.3 Å². The molecule has 0 bridgehead atoms. The molecular weight excluding hydrogens is 374 g/mol. The van der Waals surface area contributed by atoms with Crippen LogP contribution in [0.25, 0.3) is 5.13 Å². The molecule has 2 fully saturated rings. The third-order valence-electron chi connectivity index (χ3n) is 5.38. The largest absolute Gasteiger partial charge is 0.442 e. The maximum atomic E-state index is 12.3. The van der Waals surface area contributed by atoms with Crippen molar-refractivity contribution < 1.29 is 9.53 Å². The van der Waals surface area contributed by atoms with Gasteiger partial charge in [0, 0.05) is 68.0 Å². The van der Waals surface area contributed by atoms with E-state index in [-0.39, 0.29) is 18.2 Å². The lowest BCUT2D eigenvalue weighted by Crippen LogP contribution is -2.39. The van der Waals surface area contributed by atoms with E-state index in [1.165, 1.54) is 5.69 Å². The van der Waals surface area contributed by atoms with Gasteiger partial charge in [-0.2, -0.15) is 0 Å². The number of pyridine rings is 1. The molecule has 2 aliphatic heterocycles. The average molecular weight is 395 g/mol. The Labute approximate surface area is 167 Å². The quantitative estimate of drug-likeness (QED) is 0.642. The molecule has 2 aliphatic rings. The molecule has 0 unspecified atom stereocenters. The molecule has 0 spiro atoms. The third-order valence-corrected chi connectivity index (χ3v) is 6.15. The van der Waals surface area contributed by atoms with Gasteiger partial charge in [-0.25, -0.2) is 9.78 Å². The summed E-state index contributed by atoms with van der Waals surface area (Å²) in [4.78, 5) is 25.3. The van der Waals surface area contributed by atoms with E-state index in [9.17, 15) is 4.79 Å². The molecule has 0 aliphatic carbocycles. The van der Waals surface area contributed by atoms with Crippen LogP contribution < -0.4 is 0 Å². The van der Waals surface area contributed by atoms with Gasteiger partial charge in [0.2, 0.25) is 0 Å². The Morgan fingerprint density at radius 2 is 2.11 bits per heavy atom. The molecule has 2 atom stereocenters. The van der Waals surface area contributed by atoms with E-state index in [1.807, 2.05) is 46.9 Å². The minimum atomic E-state index is -0.197. The SMILES string of the molecule is O=C1O[C@@H]2CN(Cc3cccn3-c3nccs3)C[C@@H]2N1CCc1ccccn1. The standard InChI is InChI=1S/C20H21N5O2S/c26-20-25(10-6-15-4-1-2-7-21-15)17-13-23(14-18(17)27-20)12-16-5-3-9-24(16)19-22-8-11-28-19/h1-5,7-9,11,17-18H,6,10,12-14H2/t17-,18+/m0/s1. The molecule has 7 nitrogen and oxygen atoms in total. The number of ether oxygens (including phenoxy) is 1. The molecule has 0 radical (unpaired) electrons. The van der Waals surface area contributed by atoms with Gasteiger partial charge < -0.3 is 4.74 Å². The molecule has 2 saturated heterocycles. The van der Waals surface area contributed by atoms with Crippen molar-refractivity contribution in [2.45, 2.75) is 25.1 Å². The van der Waals surface area contributed by atoms with E-state index in [4.69, 9.17) is 4.74 Å². The number of carbonyl (C=O) groups excluding carboxylic acids is 1. The molecule has 1 amide bonds. The highest BCUT2D eigenvalue weighted by Gasteiger charge is 2.47. The molecule has 5 heterocycles. The van der Waals surface area contributed by atoms with Crippen molar-refractivity contribution in [3.05, 3.63) is 65.7 Å². The van der Waals surface area contributed by atoms with Gasteiger partial charge >= 0.3 is 6.09 Å². The lowest BCUT2D eigenvalue weighted by molar-refractivity contribution is 0.120. The Bertz CT molecular complexity index is 943. The van der Waals surface area contributed by atoms with Crippen LogP contribution >= 0.6 is 11.3 Å². The number of nitrogens with zero attached hydrogens (tertiary/aromatic N) is 5. The summed E-state index contributed by atoms with van der Waals surface area (Å²) in [7, 11) is 0. The summed E-state index contributed by atoms with van der Waals surface area (Å²) in [5.41, 5.74) is 2.19. The Morgan fingerprint density at radius 3 is 2.93 bits per heavy atom. The molecular formula is C20H21N5O2S. The van der Waals surface area contributed by atoms with Crippen LogP contribution in [0.5, 0.6) is 0 Å². The van der Waals surface area contributed by atoms with E-state index in [0.29, 0.717) is 6.54 Å². The second-order valence-corrected chi connectivity index (χ2v) is 8.01.